The number of nitrogens with zero attached hydrogens (tertiary/aromatic N) is 3. The number of hydrogen-bond donors (Lipinski definition) is 2. The lowest BCUT2D eigenvalue weighted by Gasteiger charge is -2.18. The first kappa shape index (κ1) is 15.6. The van der Waals surface area contributed by atoms with Gasteiger partial charge in [0, 0.05) is 25.2 Å². The number of pyridine rings is 1. The third-order valence-electron chi connectivity index (χ3n) is 2.63. The fourth-order valence-corrected chi connectivity index (χ4v) is 2.65. The first-order valence-electron chi connectivity index (χ1n) is 6.59. The van der Waals surface area contributed by atoms with E-state index in [4.69, 9.17) is 0 Å². The van der Waals surface area contributed by atoms with Crippen LogP contribution < -0.4 is 5.43 Å². The van der Waals surface area contributed by atoms with Gasteiger partial charge < -0.3 is 5.11 Å². The van der Waals surface area contributed by atoms with Gasteiger partial charge in [-0.15, -0.1) is 11.3 Å². The molecule has 1 unspecified atom stereocenters. The molecule has 2 heterocycles. The van der Waals surface area contributed by atoms with E-state index in [1.54, 1.807) is 25.2 Å². The third-order valence-corrected chi connectivity index (χ3v) is 3.54. The van der Waals surface area contributed by atoms with Crippen molar-refractivity contribution in [1.82, 2.24) is 20.4 Å². The Hall–Kier alpha value is -1.83. The van der Waals surface area contributed by atoms with E-state index in [1.807, 2.05) is 23.6 Å². The van der Waals surface area contributed by atoms with Crippen molar-refractivity contribution in [3.8, 4) is 10.7 Å². The van der Waals surface area contributed by atoms with Crippen LogP contribution in [0, 0.1) is 0 Å². The van der Waals surface area contributed by atoms with Crippen LogP contribution in [-0.4, -0.2) is 45.7 Å². The monoisotopic (exact) mass is 306 g/mol. The summed E-state index contributed by atoms with van der Waals surface area (Å²) in [6, 6.07) is 5.64. The molecule has 2 N–H and O–H groups in total. The minimum Gasteiger partial charge on any atom is -0.392 e. The first-order valence-corrected chi connectivity index (χ1v) is 7.47. The Morgan fingerprint density at radius 1 is 1.52 bits per heavy atom. The smallest absolute Gasteiger partial charge is 0.240 e. The number of carbonyl (C=O) groups excluding carboxylic acids is 1. The standard InChI is InChI=1S/C14H18N4O2S/c1-10(19)8-18(2)17-13(20)7-11-9-21-14(16-11)12-5-3-4-6-15-12/h3-6,9-10,19H,7-8H2,1-2H3,(H,17,20). The Morgan fingerprint density at radius 2 is 2.33 bits per heavy atom. The summed E-state index contributed by atoms with van der Waals surface area (Å²) in [5.74, 6) is -0.156. The minimum absolute atomic E-state index is 0.156. The summed E-state index contributed by atoms with van der Waals surface area (Å²) in [5.41, 5.74) is 4.21. The van der Waals surface area contributed by atoms with Crippen LogP contribution in [0.2, 0.25) is 0 Å². The molecule has 0 aromatic carbocycles. The van der Waals surface area contributed by atoms with E-state index in [1.165, 1.54) is 11.3 Å². The zero-order valence-electron chi connectivity index (χ0n) is 12.0. The second-order valence-electron chi connectivity index (χ2n) is 4.80. The molecule has 2 aromatic rings. The van der Waals surface area contributed by atoms with Crippen LogP contribution in [-0.2, 0) is 11.2 Å². The lowest BCUT2D eigenvalue weighted by Crippen LogP contribution is -2.43. The second kappa shape index (κ2) is 7.26. The van der Waals surface area contributed by atoms with Crippen LogP contribution >= 0.6 is 11.3 Å². The summed E-state index contributed by atoms with van der Waals surface area (Å²) in [7, 11) is 1.71. The molecule has 1 atom stereocenters. The molecule has 112 valence electrons. The van der Waals surface area contributed by atoms with Crippen molar-refractivity contribution in [3.05, 3.63) is 35.5 Å². The largest absolute Gasteiger partial charge is 0.392 e. The molecule has 0 saturated carbocycles. The average molecular weight is 306 g/mol. The van der Waals surface area contributed by atoms with Crippen LogP contribution in [0.4, 0.5) is 0 Å². The third kappa shape index (κ3) is 4.89. The predicted molar refractivity (Wildman–Crippen MR) is 81.5 cm³/mol. The fourth-order valence-electron chi connectivity index (χ4n) is 1.85. The zero-order chi connectivity index (χ0) is 15.2. The molecule has 1 amide bonds. The van der Waals surface area contributed by atoms with Crippen molar-refractivity contribution >= 4 is 17.2 Å². The number of hydrazine groups is 1. The maximum atomic E-state index is 11.9. The van der Waals surface area contributed by atoms with Gasteiger partial charge in [0.2, 0.25) is 5.91 Å². The maximum absolute atomic E-state index is 11.9. The fraction of sp³-hybridized carbons (Fsp3) is 0.357. The van der Waals surface area contributed by atoms with Gasteiger partial charge in [-0.25, -0.2) is 9.99 Å². The van der Waals surface area contributed by atoms with Crippen LogP contribution in [0.1, 0.15) is 12.6 Å². The normalized spacial score (nSPS) is 12.4. The van der Waals surface area contributed by atoms with Gasteiger partial charge in [-0.3, -0.25) is 15.2 Å². The minimum atomic E-state index is -0.495. The van der Waals surface area contributed by atoms with Crippen molar-refractivity contribution < 1.29 is 9.90 Å². The van der Waals surface area contributed by atoms with E-state index in [0.717, 1.165) is 10.7 Å². The van der Waals surface area contributed by atoms with E-state index >= 15 is 0 Å². The average Bonchev–Trinajstić information content (AvgIpc) is 2.86. The maximum Gasteiger partial charge on any atom is 0.240 e. The van der Waals surface area contributed by atoms with Crippen molar-refractivity contribution in [2.45, 2.75) is 19.4 Å². The summed E-state index contributed by atoms with van der Waals surface area (Å²) >= 11 is 1.47. The number of nitrogens with one attached hydrogen (secondary N) is 1. The number of aliphatic hydroxyl groups is 1. The molecule has 21 heavy (non-hydrogen) atoms. The Labute approximate surface area is 127 Å². The van der Waals surface area contributed by atoms with E-state index in [9.17, 15) is 9.90 Å². The molecule has 0 bridgehead atoms. The SMILES string of the molecule is CC(O)CN(C)NC(=O)Cc1csc(-c2ccccn2)n1. The number of rotatable bonds is 6. The molecule has 0 fully saturated rings. The molecular weight excluding hydrogens is 288 g/mol. The number of aliphatic hydroxyl groups excluding tert-OH is 1. The van der Waals surface area contributed by atoms with E-state index in [-0.39, 0.29) is 12.3 Å². The molecule has 6 nitrogen and oxygen atoms in total. The van der Waals surface area contributed by atoms with Crippen molar-refractivity contribution in [2.24, 2.45) is 0 Å². The molecule has 0 spiro atoms. The molecule has 2 aromatic heterocycles. The van der Waals surface area contributed by atoms with E-state index in [0.29, 0.717) is 12.2 Å². The quantitative estimate of drug-likeness (QED) is 0.781. The first-order chi connectivity index (χ1) is 10.0. The zero-order valence-corrected chi connectivity index (χ0v) is 12.8. The summed E-state index contributed by atoms with van der Waals surface area (Å²) in [4.78, 5) is 20.5. The highest BCUT2D eigenvalue weighted by molar-refractivity contribution is 7.13. The Kier molecular flexibility index (Phi) is 5.38. The van der Waals surface area contributed by atoms with Gasteiger partial charge in [0.25, 0.3) is 0 Å². The molecule has 0 aliphatic heterocycles. The number of amides is 1. The number of carbonyl (C=O) groups is 1. The molecule has 0 radical (unpaired) electrons. The summed E-state index contributed by atoms with van der Waals surface area (Å²) < 4.78 is 0. The predicted octanol–water partition coefficient (Wildman–Crippen LogP) is 1.09. The highest BCUT2D eigenvalue weighted by Gasteiger charge is 2.11. The lowest BCUT2D eigenvalue weighted by atomic mass is 10.3. The second-order valence-corrected chi connectivity index (χ2v) is 5.66. The van der Waals surface area contributed by atoms with Gasteiger partial charge in [0.1, 0.15) is 5.01 Å². The Balaban J connectivity index is 1.92. The molecule has 0 aliphatic rings. The lowest BCUT2D eigenvalue weighted by molar-refractivity contribution is -0.125. The van der Waals surface area contributed by atoms with Crippen molar-refractivity contribution in [2.75, 3.05) is 13.6 Å². The number of aromatic nitrogens is 2. The summed E-state index contributed by atoms with van der Waals surface area (Å²) in [6.07, 6.45) is 1.42. The van der Waals surface area contributed by atoms with Gasteiger partial charge in [-0.2, -0.15) is 0 Å². The molecule has 7 heteroatoms. The van der Waals surface area contributed by atoms with Gasteiger partial charge in [0.15, 0.2) is 0 Å². The Morgan fingerprint density at radius 3 is 3.00 bits per heavy atom. The molecule has 0 aliphatic carbocycles. The highest BCUT2D eigenvalue weighted by Crippen LogP contribution is 2.21. The van der Waals surface area contributed by atoms with Gasteiger partial charge in [-0.1, -0.05) is 6.07 Å². The number of hydrogen-bond acceptors (Lipinski definition) is 6. The molecule has 0 saturated heterocycles. The van der Waals surface area contributed by atoms with Gasteiger partial charge in [0.05, 0.1) is 23.9 Å². The molecular formula is C14H18N4O2S. The Bertz CT molecular complexity index is 586. The number of likely N-dealkylation sites (N-methyl/N-ethyl adjacent to an activating group) is 1. The summed E-state index contributed by atoms with van der Waals surface area (Å²) in [5, 5.41) is 13.5. The van der Waals surface area contributed by atoms with Crippen LogP contribution in [0.15, 0.2) is 29.8 Å². The van der Waals surface area contributed by atoms with Crippen LogP contribution in [0.5, 0.6) is 0 Å². The highest BCUT2D eigenvalue weighted by atomic mass is 32.1. The van der Waals surface area contributed by atoms with Crippen molar-refractivity contribution in [1.29, 1.82) is 0 Å². The van der Waals surface area contributed by atoms with Gasteiger partial charge >= 0.3 is 0 Å². The van der Waals surface area contributed by atoms with E-state index in [2.05, 4.69) is 15.4 Å². The summed E-state index contributed by atoms with van der Waals surface area (Å²) in [6.45, 7) is 2.05. The van der Waals surface area contributed by atoms with Gasteiger partial charge in [-0.05, 0) is 19.1 Å². The van der Waals surface area contributed by atoms with E-state index < -0.39 is 6.10 Å². The van der Waals surface area contributed by atoms with Crippen LogP contribution in [0.3, 0.4) is 0 Å². The topological polar surface area (TPSA) is 78.4 Å². The number of thiazole rings is 1. The van der Waals surface area contributed by atoms with Crippen LogP contribution in [0.25, 0.3) is 10.7 Å². The van der Waals surface area contributed by atoms with Crippen molar-refractivity contribution in [3.63, 3.8) is 0 Å². The molecule has 2 rings (SSSR count).